The molecule has 0 heterocycles. The van der Waals surface area contributed by atoms with Gasteiger partial charge in [-0.05, 0) is 51.4 Å². The molecule has 1 N–H and O–H groups in total. The highest BCUT2D eigenvalue weighted by Gasteiger charge is 2.42. The Bertz CT molecular complexity index is 493. The van der Waals surface area contributed by atoms with E-state index in [1.165, 1.54) is 0 Å². The summed E-state index contributed by atoms with van der Waals surface area (Å²) in [7, 11) is 0. The van der Waals surface area contributed by atoms with Crippen LogP contribution in [0.15, 0.2) is 0 Å². The minimum absolute atomic E-state index is 0.0676. The molecule has 0 aromatic rings. The topological polar surface area (TPSA) is 64.6 Å². The lowest BCUT2D eigenvalue weighted by Crippen LogP contribution is -2.51. The summed E-state index contributed by atoms with van der Waals surface area (Å²) in [5.41, 5.74) is -1.08. The largest absolute Gasteiger partial charge is 0.458 e. The molecular formula is C19H31NO4. The Labute approximate surface area is 145 Å². The summed E-state index contributed by atoms with van der Waals surface area (Å²) in [5, 5.41) is 2.67. The summed E-state index contributed by atoms with van der Waals surface area (Å²) in [6, 6.07) is -0.761. The number of amides is 1. The van der Waals surface area contributed by atoms with E-state index >= 15 is 0 Å². The standard InChI is InChI=1S/C19H31NO4/c1-8-9-10-11-13-12-14(13)23-17(22)20-15(18(2,3)4)16(21)24-19(5,6)7/h1,13-15H,9-12H2,2-7H3,(H,20,22)/t13-,14-,15?/m1/s1. The van der Waals surface area contributed by atoms with Gasteiger partial charge in [-0.15, -0.1) is 12.3 Å². The van der Waals surface area contributed by atoms with Crippen molar-refractivity contribution in [3.63, 3.8) is 0 Å². The number of ether oxygens (including phenoxy) is 2. The number of alkyl carbamates (subject to hydrolysis) is 1. The fourth-order valence-corrected chi connectivity index (χ4v) is 2.41. The summed E-state index contributed by atoms with van der Waals surface area (Å²) in [4.78, 5) is 24.5. The van der Waals surface area contributed by atoms with Gasteiger partial charge >= 0.3 is 12.1 Å². The molecule has 24 heavy (non-hydrogen) atoms. The maximum Gasteiger partial charge on any atom is 0.408 e. The smallest absolute Gasteiger partial charge is 0.408 e. The molecule has 136 valence electrons. The first-order valence-electron chi connectivity index (χ1n) is 8.57. The predicted octanol–water partition coefficient (Wildman–Crippen LogP) is 3.66. The second-order valence-corrected chi connectivity index (χ2v) is 8.51. The summed E-state index contributed by atoms with van der Waals surface area (Å²) in [6.45, 7) is 11.0. The molecule has 3 atom stereocenters. The van der Waals surface area contributed by atoms with Crippen molar-refractivity contribution in [2.24, 2.45) is 11.3 Å². The van der Waals surface area contributed by atoms with Gasteiger partial charge in [0, 0.05) is 6.42 Å². The van der Waals surface area contributed by atoms with Crippen LogP contribution in [0.3, 0.4) is 0 Å². The van der Waals surface area contributed by atoms with Crippen molar-refractivity contribution in [1.29, 1.82) is 0 Å². The highest BCUT2D eigenvalue weighted by Crippen LogP contribution is 2.38. The summed E-state index contributed by atoms with van der Waals surface area (Å²) < 4.78 is 10.8. The Balaban J connectivity index is 2.52. The summed E-state index contributed by atoms with van der Waals surface area (Å²) in [5.74, 6) is 2.55. The van der Waals surface area contributed by atoms with Crippen molar-refractivity contribution in [3.8, 4) is 12.3 Å². The minimum Gasteiger partial charge on any atom is -0.458 e. The average molecular weight is 337 g/mol. The molecule has 0 spiro atoms. The Hall–Kier alpha value is -1.70. The molecule has 1 unspecified atom stereocenters. The quantitative estimate of drug-likeness (QED) is 0.456. The van der Waals surface area contributed by atoms with Gasteiger partial charge in [-0.1, -0.05) is 20.8 Å². The van der Waals surface area contributed by atoms with Crippen molar-refractivity contribution < 1.29 is 19.1 Å². The van der Waals surface area contributed by atoms with E-state index in [1.54, 1.807) is 20.8 Å². The molecule has 1 aliphatic carbocycles. The number of unbranched alkanes of at least 4 members (excludes halogenated alkanes) is 1. The van der Waals surface area contributed by atoms with Crippen LogP contribution >= 0.6 is 0 Å². The number of hydrogen-bond donors (Lipinski definition) is 1. The van der Waals surface area contributed by atoms with Crippen molar-refractivity contribution in [2.45, 2.75) is 85.0 Å². The van der Waals surface area contributed by atoms with E-state index in [-0.39, 0.29) is 6.10 Å². The second kappa shape index (κ2) is 7.92. The lowest BCUT2D eigenvalue weighted by atomic mass is 9.86. The van der Waals surface area contributed by atoms with Crippen LogP contribution in [0.4, 0.5) is 4.79 Å². The van der Waals surface area contributed by atoms with E-state index < -0.39 is 29.1 Å². The number of rotatable bonds is 6. The normalized spacial score (nSPS) is 21.4. The first-order valence-corrected chi connectivity index (χ1v) is 8.57. The molecule has 0 bridgehead atoms. The lowest BCUT2D eigenvalue weighted by molar-refractivity contribution is -0.160. The molecule has 0 aromatic heterocycles. The number of nitrogens with one attached hydrogen (secondary N) is 1. The second-order valence-electron chi connectivity index (χ2n) is 8.51. The number of hydrogen-bond acceptors (Lipinski definition) is 4. The van der Waals surface area contributed by atoms with Crippen LogP contribution in [0.5, 0.6) is 0 Å². The zero-order valence-corrected chi connectivity index (χ0v) is 15.8. The number of carbonyl (C=O) groups is 2. The van der Waals surface area contributed by atoms with E-state index in [9.17, 15) is 9.59 Å². The zero-order valence-electron chi connectivity index (χ0n) is 15.8. The van der Waals surface area contributed by atoms with Crippen molar-refractivity contribution in [1.82, 2.24) is 5.32 Å². The van der Waals surface area contributed by atoms with Gasteiger partial charge in [-0.3, -0.25) is 0 Å². The van der Waals surface area contributed by atoms with Crippen molar-refractivity contribution >= 4 is 12.1 Å². The lowest BCUT2D eigenvalue weighted by Gasteiger charge is -2.32. The molecular weight excluding hydrogens is 306 g/mol. The molecule has 0 radical (unpaired) electrons. The fraction of sp³-hybridized carbons (Fsp3) is 0.789. The Morgan fingerprint density at radius 3 is 2.38 bits per heavy atom. The van der Waals surface area contributed by atoms with E-state index in [1.807, 2.05) is 20.8 Å². The molecule has 1 amide bonds. The van der Waals surface area contributed by atoms with Crippen LogP contribution < -0.4 is 5.32 Å². The number of esters is 1. The summed E-state index contributed by atoms with van der Waals surface area (Å²) >= 11 is 0. The van der Waals surface area contributed by atoms with Gasteiger partial charge in [0.25, 0.3) is 0 Å². The van der Waals surface area contributed by atoms with Gasteiger partial charge in [0.1, 0.15) is 17.7 Å². The van der Waals surface area contributed by atoms with Crippen LogP contribution in [-0.4, -0.2) is 29.8 Å². The monoisotopic (exact) mass is 337 g/mol. The maximum absolute atomic E-state index is 12.4. The average Bonchev–Trinajstić information content (AvgIpc) is 3.11. The molecule has 1 saturated carbocycles. The zero-order chi connectivity index (χ0) is 18.5. The van der Waals surface area contributed by atoms with Crippen LogP contribution in [0.2, 0.25) is 0 Å². The fourth-order valence-electron chi connectivity index (χ4n) is 2.41. The van der Waals surface area contributed by atoms with E-state index in [0.717, 1.165) is 25.7 Å². The third kappa shape index (κ3) is 7.25. The number of carbonyl (C=O) groups excluding carboxylic acids is 2. The Morgan fingerprint density at radius 1 is 1.25 bits per heavy atom. The first-order chi connectivity index (χ1) is 10.9. The maximum atomic E-state index is 12.4. The van der Waals surface area contributed by atoms with Gasteiger partial charge in [0.2, 0.25) is 0 Å². The molecule has 0 aromatic carbocycles. The molecule has 5 heteroatoms. The summed E-state index contributed by atoms with van der Waals surface area (Å²) in [6.07, 6.45) is 8.13. The van der Waals surface area contributed by atoms with Gasteiger partial charge in [0.05, 0.1) is 0 Å². The minimum atomic E-state index is -0.761. The molecule has 5 nitrogen and oxygen atoms in total. The predicted molar refractivity (Wildman–Crippen MR) is 93.3 cm³/mol. The van der Waals surface area contributed by atoms with Crippen molar-refractivity contribution in [2.75, 3.05) is 0 Å². The Morgan fingerprint density at radius 2 is 1.88 bits per heavy atom. The van der Waals surface area contributed by atoms with E-state index in [4.69, 9.17) is 15.9 Å². The van der Waals surface area contributed by atoms with Gasteiger partial charge in [-0.2, -0.15) is 0 Å². The van der Waals surface area contributed by atoms with Crippen LogP contribution in [-0.2, 0) is 14.3 Å². The van der Waals surface area contributed by atoms with Crippen LogP contribution in [0.25, 0.3) is 0 Å². The van der Waals surface area contributed by atoms with E-state index in [0.29, 0.717) is 5.92 Å². The first kappa shape index (κ1) is 20.3. The van der Waals surface area contributed by atoms with Crippen LogP contribution in [0, 0.1) is 23.7 Å². The van der Waals surface area contributed by atoms with Crippen molar-refractivity contribution in [3.05, 3.63) is 0 Å². The molecule has 0 aliphatic heterocycles. The molecule has 1 aliphatic rings. The van der Waals surface area contributed by atoms with Crippen LogP contribution in [0.1, 0.15) is 67.2 Å². The highest BCUT2D eigenvalue weighted by molar-refractivity contribution is 5.82. The molecule has 0 saturated heterocycles. The van der Waals surface area contributed by atoms with Gasteiger partial charge in [0.15, 0.2) is 0 Å². The number of terminal acetylenes is 1. The van der Waals surface area contributed by atoms with Gasteiger partial charge < -0.3 is 14.8 Å². The third-order valence-electron chi connectivity index (χ3n) is 3.78. The highest BCUT2D eigenvalue weighted by atomic mass is 16.6. The molecule has 1 fully saturated rings. The Kier molecular flexibility index (Phi) is 6.71. The third-order valence-corrected chi connectivity index (χ3v) is 3.78. The SMILES string of the molecule is C#CCCC[C@@H]1C[C@H]1OC(=O)NC(C(=O)OC(C)(C)C)C(C)(C)C. The molecule has 1 rings (SSSR count). The van der Waals surface area contributed by atoms with E-state index in [2.05, 4.69) is 11.2 Å². The van der Waals surface area contributed by atoms with Gasteiger partial charge in [-0.25, -0.2) is 9.59 Å².